The van der Waals surface area contributed by atoms with Crippen LogP contribution in [0.25, 0.3) is 0 Å². The summed E-state index contributed by atoms with van der Waals surface area (Å²) in [5, 5.41) is 9.11. The van der Waals surface area contributed by atoms with E-state index in [0.29, 0.717) is 6.61 Å². The van der Waals surface area contributed by atoms with Crippen molar-refractivity contribution in [3.8, 4) is 0 Å². The first-order valence-corrected chi connectivity index (χ1v) is 6.21. The predicted molar refractivity (Wildman–Crippen MR) is 62.5 cm³/mol. The van der Waals surface area contributed by atoms with E-state index in [-0.39, 0.29) is 12.0 Å². The van der Waals surface area contributed by atoms with Gasteiger partial charge in [-0.2, -0.15) is 0 Å². The Labute approximate surface area is 97.6 Å². The average molecular weight is 229 g/mol. The molecular formula is C12H23NO3. The highest BCUT2D eigenvalue weighted by Crippen LogP contribution is 2.23. The van der Waals surface area contributed by atoms with Crippen LogP contribution in [0.4, 0.5) is 0 Å². The lowest BCUT2D eigenvalue weighted by Gasteiger charge is -2.22. The van der Waals surface area contributed by atoms with Gasteiger partial charge in [0.25, 0.3) is 0 Å². The van der Waals surface area contributed by atoms with Crippen molar-refractivity contribution in [1.82, 2.24) is 4.90 Å². The molecule has 0 radical (unpaired) electrons. The second-order valence-corrected chi connectivity index (χ2v) is 4.55. The first-order valence-electron chi connectivity index (χ1n) is 6.21. The monoisotopic (exact) mass is 229 g/mol. The third kappa shape index (κ3) is 3.76. The molecule has 0 saturated carbocycles. The van der Waals surface area contributed by atoms with E-state index in [4.69, 9.17) is 9.84 Å². The summed E-state index contributed by atoms with van der Waals surface area (Å²) in [5.41, 5.74) is 0. The van der Waals surface area contributed by atoms with Gasteiger partial charge in [0.2, 0.25) is 0 Å². The SMILES string of the molecule is CCCCOCCN1CCC(C)C1C(=O)O. The molecule has 0 bridgehead atoms. The Morgan fingerprint density at radius 3 is 2.88 bits per heavy atom. The summed E-state index contributed by atoms with van der Waals surface area (Å²) < 4.78 is 5.46. The van der Waals surface area contributed by atoms with Crippen LogP contribution in [-0.4, -0.2) is 48.3 Å². The molecule has 1 heterocycles. The van der Waals surface area contributed by atoms with Gasteiger partial charge in [0.05, 0.1) is 6.61 Å². The molecule has 0 aromatic rings. The maximum Gasteiger partial charge on any atom is 0.321 e. The van der Waals surface area contributed by atoms with Gasteiger partial charge in [0.15, 0.2) is 0 Å². The molecule has 1 saturated heterocycles. The Hall–Kier alpha value is -0.610. The molecule has 1 rings (SSSR count). The van der Waals surface area contributed by atoms with Crippen LogP contribution in [0.1, 0.15) is 33.1 Å². The second-order valence-electron chi connectivity index (χ2n) is 4.55. The minimum absolute atomic E-state index is 0.258. The molecule has 2 unspecified atom stereocenters. The minimum atomic E-state index is -0.696. The molecule has 0 aliphatic carbocycles. The van der Waals surface area contributed by atoms with Crippen LogP contribution in [0.15, 0.2) is 0 Å². The number of likely N-dealkylation sites (tertiary alicyclic amines) is 1. The zero-order valence-corrected chi connectivity index (χ0v) is 10.3. The highest BCUT2D eigenvalue weighted by atomic mass is 16.5. The van der Waals surface area contributed by atoms with E-state index in [2.05, 4.69) is 6.92 Å². The van der Waals surface area contributed by atoms with E-state index in [1.54, 1.807) is 0 Å². The van der Waals surface area contributed by atoms with Gasteiger partial charge in [-0.3, -0.25) is 9.69 Å². The van der Waals surface area contributed by atoms with E-state index in [0.717, 1.165) is 39.0 Å². The maximum absolute atomic E-state index is 11.1. The summed E-state index contributed by atoms with van der Waals surface area (Å²) in [7, 11) is 0. The van der Waals surface area contributed by atoms with Crippen molar-refractivity contribution in [3.05, 3.63) is 0 Å². The fourth-order valence-corrected chi connectivity index (χ4v) is 2.21. The number of carbonyl (C=O) groups is 1. The molecule has 0 spiro atoms. The Morgan fingerprint density at radius 1 is 1.50 bits per heavy atom. The molecule has 16 heavy (non-hydrogen) atoms. The zero-order valence-electron chi connectivity index (χ0n) is 10.3. The molecule has 1 fully saturated rings. The normalized spacial score (nSPS) is 26.1. The third-order valence-electron chi connectivity index (χ3n) is 3.22. The molecule has 94 valence electrons. The van der Waals surface area contributed by atoms with Crippen molar-refractivity contribution in [1.29, 1.82) is 0 Å². The number of aliphatic carboxylic acids is 1. The Balaban J connectivity index is 2.23. The quantitative estimate of drug-likeness (QED) is 0.674. The maximum atomic E-state index is 11.1. The second kappa shape index (κ2) is 6.86. The number of ether oxygens (including phenoxy) is 1. The highest BCUT2D eigenvalue weighted by molar-refractivity contribution is 5.74. The van der Waals surface area contributed by atoms with Gasteiger partial charge in [0.1, 0.15) is 6.04 Å². The Kier molecular flexibility index (Phi) is 5.77. The largest absolute Gasteiger partial charge is 0.480 e. The van der Waals surface area contributed by atoms with Gasteiger partial charge in [-0.05, 0) is 25.3 Å². The van der Waals surface area contributed by atoms with Crippen molar-refractivity contribution in [2.75, 3.05) is 26.3 Å². The molecule has 1 aliphatic heterocycles. The molecule has 0 aromatic carbocycles. The predicted octanol–water partition coefficient (Wildman–Crippen LogP) is 1.60. The smallest absolute Gasteiger partial charge is 0.321 e. The first-order chi connectivity index (χ1) is 7.66. The van der Waals surface area contributed by atoms with Gasteiger partial charge < -0.3 is 9.84 Å². The molecule has 1 aliphatic rings. The fourth-order valence-electron chi connectivity index (χ4n) is 2.21. The standard InChI is InChI=1S/C12H23NO3/c1-3-4-8-16-9-7-13-6-5-10(2)11(13)12(14)15/h10-11H,3-9H2,1-2H3,(H,14,15). The summed E-state index contributed by atoms with van der Waals surface area (Å²) in [6.45, 7) is 7.21. The van der Waals surface area contributed by atoms with Crippen LogP contribution in [0.3, 0.4) is 0 Å². The first kappa shape index (κ1) is 13.5. The molecule has 0 amide bonds. The van der Waals surface area contributed by atoms with Crippen molar-refractivity contribution in [3.63, 3.8) is 0 Å². The van der Waals surface area contributed by atoms with Gasteiger partial charge in [-0.1, -0.05) is 20.3 Å². The summed E-state index contributed by atoms with van der Waals surface area (Å²) in [4.78, 5) is 13.1. The van der Waals surface area contributed by atoms with Gasteiger partial charge in [-0.15, -0.1) is 0 Å². The lowest BCUT2D eigenvalue weighted by molar-refractivity contribution is -0.143. The molecule has 1 N–H and O–H groups in total. The number of rotatable bonds is 7. The average Bonchev–Trinajstić information content (AvgIpc) is 2.59. The third-order valence-corrected chi connectivity index (χ3v) is 3.22. The number of hydrogen-bond acceptors (Lipinski definition) is 3. The Morgan fingerprint density at radius 2 is 2.25 bits per heavy atom. The van der Waals surface area contributed by atoms with Crippen molar-refractivity contribution >= 4 is 5.97 Å². The van der Waals surface area contributed by atoms with Crippen LogP contribution < -0.4 is 0 Å². The van der Waals surface area contributed by atoms with Crippen LogP contribution >= 0.6 is 0 Å². The number of hydrogen-bond donors (Lipinski definition) is 1. The Bertz CT molecular complexity index is 220. The lowest BCUT2D eigenvalue weighted by Crippen LogP contribution is -2.40. The van der Waals surface area contributed by atoms with E-state index >= 15 is 0 Å². The van der Waals surface area contributed by atoms with E-state index in [1.807, 2.05) is 11.8 Å². The van der Waals surface area contributed by atoms with Gasteiger partial charge in [0, 0.05) is 13.2 Å². The summed E-state index contributed by atoms with van der Waals surface area (Å²) in [6, 6.07) is -0.310. The number of carboxylic acids is 1. The minimum Gasteiger partial charge on any atom is -0.480 e. The summed E-state index contributed by atoms with van der Waals surface area (Å²) in [5.74, 6) is -0.438. The van der Waals surface area contributed by atoms with Crippen molar-refractivity contribution in [2.45, 2.75) is 39.2 Å². The highest BCUT2D eigenvalue weighted by Gasteiger charge is 2.36. The van der Waals surface area contributed by atoms with Crippen LogP contribution in [-0.2, 0) is 9.53 Å². The summed E-state index contributed by atoms with van der Waals surface area (Å²) >= 11 is 0. The molecule has 2 atom stereocenters. The van der Waals surface area contributed by atoms with E-state index in [1.165, 1.54) is 0 Å². The summed E-state index contributed by atoms with van der Waals surface area (Å²) in [6.07, 6.45) is 3.20. The van der Waals surface area contributed by atoms with E-state index in [9.17, 15) is 4.79 Å². The van der Waals surface area contributed by atoms with Crippen molar-refractivity contribution in [2.24, 2.45) is 5.92 Å². The van der Waals surface area contributed by atoms with Crippen LogP contribution in [0, 0.1) is 5.92 Å². The molecule has 4 nitrogen and oxygen atoms in total. The van der Waals surface area contributed by atoms with Crippen molar-refractivity contribution < 1.29 is 14.6 Å². The molecule has 0 aromatic heterocycles. The molecular weight excluding hydrogens is 206 g/mol. The fraction of sp³-hybridized carbons (Fsp3) is 0.917. The number of nitrogens with zero attached hydrogens (tertiary/aromatic N) is 1. The number of carboxylic acid groups (broad SMARTS) is 1. The van der Waals surface area contributed by atoms with E-state index < -0.39 is 5.97 Å². The van der Waals surface area contributed by atoms with Crippen LogP contribution in [0.5, 0.6) is 0 Å². The number of unbranched alkanes of at least 4 members (excludes halogenated alkanes) is 1. The molecule has 4 heteroatoms. The van der Waals surface area contributed by atoms with Crippen LogP contribution in [0.2, 0.25) is 0 Å². The van der Waals surface area contributed by atoms with Gasteiger partial charge in [-0.25, -0.2) is 0 Å². The zero-order chi connectivity index (χ0) is 12.0. The lowest BCUT2D eigenvalue weighted by atomic mass is 10.0. The topological polar surface area (TPSA) is 49.8 Å². The van der Waals surface area contributed by atoms with Gasteiger partial charge >= 0.3 is 5.97 Å².